The average molecular weight is 421 g/mol. The number of hydrogen-bond donors (Lipinski definition) is 8. The van der Waals surface area contributed by atoms with Gasteiger partial charge in [0.15, 0.2) is 0 Å². The number of thiol groups is 1. The summed E-state index contributed by atoms with van der Waals surface area (Å²) in [6, 6.07) is -5.18. The van der Waals surface area contributed by atoms with Gasteiger partial charge in [0, 0.05) is 5.75 Å². The number of carboxylic acids is 1. The largest absolute Gasteiger partial charge is 0.480 e. The van der Waals surface area contributed by atoms with Gasteiger partial charge in [0.25, 0.3) is 0 Å². The Kier molecular flexibility index (Phi) is 11.1. The number of carbonyl (C=O) groups excluding carboxylic acids is 4. The van der Waals surface area contributed by atoms with Crippen molar-refractivity contribution in [3.63, 3.8) is 0 Å². The number of nitrogens with one attached hydrogen (secondary N) is 3. The van der Waals surface area contributed by atoms with Crippen LogP contribution in [0.15, 0.2) is 0 Å². The van der Waals surface area contributed by atoms with E-state index in [2.05, 4.69) is 23.3 Å². The summed E-state index contributed by atoms with van der Waals surface area (Å²) < 4.78 is 0. The van der Waals surface area contributed by atoms with E-state index in [1.165, 1.54) is 0 Å². The molecule has 4 amide bonds. The lowest BCUT2D eigenvalue weighted by Crippen LogP contribution is -2.59. The van der Waals surface area contributed by atoms with Crippen LogP contribution in [0.25, 0.3) is 0 Å². The first kappa shape index (κ1) is 25.6. The van der Waals surface area contributed by atoms with Crippen LogP contribution >= 0.6 is 12.6 Å². The predicted molar refractivity (Wildman–Crippen MR) is 101 cm³/mol. The SMILES string of the molecule is CC(C)C(NC(=O)C(N)CS)C(=O)NC(CC(N)=O)C(=O)NC(CO)C(=O)O. The Morgan fingerprint density at radius 3 is 1.89 bits per heavy atom. The summed E-state index contributed by atoms with van der Waals surface area (Å²) in [5.41, 5.74) is 10.6. The minimum Gasteiger partial charge on any atom is -0.480 e. The molecule has 0 aromatic heterocycles. The van der Waals surface area contributed by atoms with Gasteiger partial charge in [0.05, 0.1) is 19.1 Å². The molecule has 0 aromatic carbocycles. The van der Waals surface area contributed by atoms with E-state index < -0.39 is 72.7 Å². The summed E-state index contributed by atoms with van der Waals surface area (Å²) in [6.07, 6.45) is -0.621. The lowest BCUT2D eigenvalue weighted by Gasteiger charge is -2.26. The monoisotopic (exact) mass is 421 g/mol. The minimum absolute atomic E-state index is 0.0444. The van der Waals surface area contributed by atoms with Crippen LogP contribution in [0.4, 0.5) is 0 Å². The molecule has 0 saturated heterocycles. The van der Waals surface area contributed by atoms with Crippen LogP contribution in [0.1, 0.15) is 20.3 Å². The average Bonchev–Trinajstić information content (AvgIpc) is 2.61. The van der Waals surface area contributed by atoms with Gasteiger partial charge in [-0.1, -0.05) is 13.8 Å². The summed E-state index contributed by atoms with van der Waals surface area (Å²) in [5.74, 6) is -5.26. The fourth-order valence-corrected chi connectivity index (χ4v) is 2.17. The van der Waals surface area contributed by atoms with Gasteiger partial charge in [-0.25, -0.2) is 4.79 Å². The number of aliphatic hydroxyl groups excluding tert-OH is 1. The van der Waals surface area contributed by atoms with E-state index in [9.17, 15) is 24.0 Å². The Bertz CT molecular complexity index is 601. The standard InChI is InChI=1S/C15H27N5O7S/c1-6(2)11(20-12(23)7(16)5-28)14(25)18-8(3-10(17)22)13(24)19-9(4-21)15(26)27/h6-9,11,21,28H,3-5,16H2,1-2H3,(H2,17,22)(H,18,25)(H,19,24)(H,20,23)(H,26,27). The number of aliphatic carboxylic acids is 1. The molecule has 0 bridgehead atoms. The fourth-order valence-electron chi connectivity index (χ4n) is 2.01. The predicted octanol–water partition coefficient (Wildman–Crippen LogP) is -3.69. The first-order chi connectivity index (χ1) is 12.9. The number of carboxylic acid groups (broad SMARTS) is 1. The third kappa shape index (κ3) is 8.54. The van der Waals surface area contributed by atoms with Gasteiger partial charge in [-0.3, -0.25) is 19.2 Å². The summed E-state index contributed by atoms with van der Waals surface area (Å²) in [4.78, 5) is 58.9. The molecular weight excluding hydrogens is 394 g/mol. The molecule has 4 unspecified atom stereocenters. The zero-order valence-corrected chi connectivity index (χ0v) is 16.4. The number of carbonyl (C=O) groups is 5. The molecule has 4 atom stereocenters. The third-order valence-corrected chi connectivity index (χ3v) is 4.01. The van der Waals surface area contributed by atoms with Gasteiger partial charge in [-0.15, -0.1) is 0 Å². The number of nitrogens with two attached hydrogens (primary N) is 2. The highest BCUT2D eigenvalue weighted by atomic mass is 32.1. The molecule has 0 aliphatic rings. The van der Waals surface area contributed by atoms with Crippen LogP contribution in [0.3, 0.4) is 0 Å². The van der Waals surface area contributed by atoms with Crippen LogP contribution in [-0.2, 0) is 24.0 Å². The Balaban J connectivity index is 5.34. The van der Waals surface area contributed by atoms with E-state index in [0.717, 1.165) is 0 Å². The highest BCUT2D eigenvalue weighted by Gasteiger charge is 2.32. The molecule has 0 aliphatic heterocycles. The Hall–Kier alpha value is -2.38. The highest BCUT2D eigenvalue weighted by molar-refractivity contribution is 7.80. The Morgan fingerprint density at radius 2 is 1.50 bits per heavy atom. The fraction of sp³-hybridized carbons (Fsp3) is 0.667. The summed E-state index contributed by atoms with van der Waals surface area (Å²) in [5, 5.41) is 24.5. The summed E-state index contributed by atoms with van der Waals surface area (Å²) >= 11 is 3.90. The molecule has 0 heterocycles. The van der Waals surface area contributed by atoms with E-state index in [1.54, 1.807) is 13.8 Å². The van der Waals surface area contributed by atoms with E-state index in [-0.39, 0.29) is 5.75 Å². The van der Waals surface area contributed by atoms with Gasteiger partial charge in [0.1, 0.15) is 18.1 Å². The molecule has 12 nitrogen and oxygen atoms in total. The molecule has 9 N–H and O–H groups in total. The number of amides is 4. The quantitative estimate of drug-likeness (QED) is 0.146. The zero-order valence-electron chi connectivity index (χ0n) is 15.5. The molecule has 0 saturated carbocycles. The molecule has 0 fully saturated rings. The van der Waals surface area contributed by atoms with Crippen LogP contribution in [0.5, 0.6) is 0 Å². The molecular formula is C15H27N5O7S. The maximum atomic E-state index is 12.5. The second kappa shape index (κ2) is 12.2. The van der Waals surface area contributed by atoms with Crippen molar-refractivity contribution in [2.24, 2.45) is 17.4 Å². The number of primary amides is 1. The first-order valence-corrected chi connectivity index (χ1v) is 8.97. The van der Waals surface area contributed by atoms with E-state index in [4.69, 9.17) is 21.7 Å². The zero-order chi connectivity index (χ0) is 22.0. The molecule has 0 aromatic rings. The van der Waals surface area contributed by atoms with Crippen molar-refractivity contribution in [1.29, 1.82) is 0 Å². The minimum atomic E-state index is -1.63. The number of rotatable bonds is 12. The van der Waals surface area contributed by atoms with Crippen molar-refractivity contribution < 1.29 is 34.2 Å². The van der Waals surface area contributed by atoms with Gasteiger partial charge in [-0.05, 0) is 5.92 Å². The van der Waals surface area contributed by atoms with Gasteiger partial charge in [0.2, 0.25) is 23.6 Å². The molecule has 28 heavy (non-hydrogen) atoms. The van der Waals surface area contributed by atoms with Crippen molar-refractivity contribution in [1.82, 2.24) is 16.0 Å². The van der Waals surface area contributed by atoms with Crippen molar-refractivity contribution in [2.75, 3.05) is 12.4 Å². The maximum absolute atomic E-state index is 12.5. The van der Waals surface area contributed by atoms with Gasteiger partial charge in [-0.2, -0.15) is 12.6 Å². The number of hydrogen-bond acceptors (Lipinski definition) is 8. The van der Waals surface area contributed by atoms with Crippen LogP contribution in [0, 0.1) is 5.92 Å². The molecule has 0 spiro atoms. The van der Waals surface area contributed by atoms with Crippen molar-refractivity contribution >= 4 is 42.2 Å². The van der Waals surface area contributed by atoms with E-state index in [1.807, 2.05) is 5.32 Å². The lowest BCUT2D eigenvalue weighted by atomic mass is 10.0. The smallest absolute Gasteiger partial charge is 0.328 e. The van der Waals surface area contributed by atoms with Crippen molar-refractivity contribution in [2.45, 2.75) is 44.4 Å². The second-order valence-electron chi connectivity index (χ2n) is 6.33. The third-order valence-electron chi connectivity index (χ3n) is 3.62. The lowest BCUT2D eigenvalue weighted by molar-refractivity contribution is -0.143. The van der Waals surface area contributed by atoms with Crippen LogP contribution in [-0.4, -0.2) is 76.3 Å². The van der Waals surface area contributed by atoms with E-state index in [0.29, 0.717) is 0 Å². The Labute approximate surface area is 167 Å². The van der Waals surface area contributed by atoms with Gasteiger partial charge >= 0.3 is 5.97 Å². The van der Waals surface area contributed by atoms with Gasteiger partial charge < -0.3 is 37.6 Å². The van der Waals surface area contributed by atoms with E-state index >= 15 is 0 Å². The van der Waals surface area contributed by atoms with Crippen molar-refractivity contribution in [3.05, 3.63) is 0 Å². The summed E-state index contributed by atoms with van der Waals surface area (Å²) in [7, 11) is 0. The maximum Gasteiger partial charge on any atom is 0.328 e. The molecule has 0 rings (SSSR count). The molecule has 160 valence electrons. The Morgan fingerprint density at radius 1 is 0.964 bits per heavy atom. The topological polar surface area (TPSA) is 214 Å². The molecule has 0 radical (unpaired) electrons. The van der Waals surface area contributed by atoms with Crippen LogP contribution in [0.2, 0.25) is 0 Å². The number of aliphatic hydroxyl groups is 1. The normalized spacial score (nSPS) is 15.1. The molecule has 0 aliphatic carbocycles. The highest BCUT2D eigenvalue weighted by Crippen LogP contribution is 2.05. The summed E-state index contributed by atoms with van der Waals surface area (Å²) in [6.45, 7) is 2.36. The van der Waals surface area contributed by atoms with Crippen LogP contribution < -0.4 is 27.4 Å². The van der Waals surface area contributed by atoms with Crippen molar-refractivity contribution in [3.8, 4) is 0 Å². The first-order valence-electron chi connectivity index (χ1n) is 8.34. The second-order valence-corrected chi connectivity index (χ2v) is 6.70. The molecule has 13 heteroatoms.